The lowest BCUT2D eigenvalue weighted by atomic mass is 9.96. The van der Waals surface area contributed by atoms with Gasteiger partial charge in [0.05, 0.1) is 17.0 Å². The zero-order valence-electron chi connectivity index (χ0n) is 19.6. The molecule has 1 aliphatic heterocycles. The van der Waals surface area contributed by atoms with E-state index in [2.05, 4.69) is 10.2 Å². The maximum atomic E-state index is 13.0. The van der Waals surface area contributed by atoms with Crippen LogP contribution in [0.25, 0.3) is 0 Å². The molecule has 0 atom stereocenters. The number of hydrogen-bond acceptors (Lipinski definition) is 6. The number of thiophene rings is 1. The fourth-order valence-corrected chi connectivity index (χ4v) is 4.37. The molecule has 1 fully saturated rings. The summed E-state index contributed by atoms with van der Waals surface area (Å²) in [6, 6.07) is 9.45. The highest BCUT2D eigenvalue weighted by Crippen LogP contribution is 2.29. The number of piperazine rings is 1. The summed E-state index contributed by atoms with van der Waals surface area (Å²) in [4.78, 5) is 30.2. The maximum absolute atomic E-state index is 13.0. The molecule has 0 radical (unpaired) electrons. The lowest BCUT2D eigenvalue weighted by Crippen LogP contribution is -2.49. The normalized spacial score (nSPS) is 14.8. The highest BCUT2D eigenvalue weighted by atomic mass is 32.1. The molecule has 2 aromatic rings. The standard InChI is InChI=1S/C24H33N3O4S/c1-17-16-20(25-23(29)24(2,3)4)32-21(17)22(28)27-12-10-26(11-13-27)14-15-31-19-8-6-18(30-5)7-9-19/h6-9,16H,10-15H2,1-5H3,(H,25,29). The van der Waals surface area contributed by atoms with Gasteiger partial charge >= 0.3 is 0 Å². The molecule has 7 nitrogen and oxygen atoms in total. The minimum absolute atomic E-state index is 0.0397. The minimum atomic E-state index is -0.477. The SMILES string of the molecule is COc1ccc(OCCN2CCN(C(=O)c3sc(NC(=O)C(C)(C)C)cc3C)CC2)cc1. The zero-order valence-corrected chi connectivity index (χ0v) is 20.4. The Hall–Kier alpha value is -2.58. The van der Waals surface area contributed by atoms with Crippen molar-refractivity contribution in [2.75, 3.05) is 51.8 Å². The van der Waals surface area contributed by atoms with E-state index in [-0.39, 0.29) is 11.8 Å². The van der Waals surface area contributed by atoms with Crippen LogP contribution >= 0.6 is 11.3 Å². The zero-order chi connectivity index (χ0) is 23.3. The summed E-state index contributed by atoms with van der Waals surface area (Å²) in [6.45, 7) is 11.9. The van der Waals surface area contributed by atoms with Crippen LogP contribution in [0.3, 0.4) is 0 Å². The first-order valence-electron chi connectivity index (χ1n) is 10.9. The Labute approximate surface area is 194 Å². The number of nitrogens with zero attached hydrogens (tertiary/aromatic N) is 2. The van der Waals surface area contributed by atoms with Crippen molar-refractivity contribution in [3.63, 3.8) is 0 Å². The third kappa shape index (κ3) is 6.23. The van der Waals surface area contributed by atoms with Crippen molar-refractivity contribution in [1.29, 1.82) is 0 Å². The summed E-state index contributed by atoms with van der Waals surface area (Å²) >= 11 is 1.35. The number of nitrogens with one attached hydrogen (secondary N) is 1. The van der Waals surface area contributed by atoms with Crippen LogP contribution in [0.2, 0.25) is 0 Å². The van der Waals surface area contributed by atoms with Crippen molar-refractivity contribution in [3.8, 4) is 11.5 Å². The number of aryl methyl sites for hydroxylation is 1. The Morgan fingerprint density at radius 1 is 1.06 bits per heavy atom. The Morgan fingerprint density at radius 3 is 2.28 bits per heavy atom. The van der Waals surface area contributed by atoms with E-state index < -0.39 is 5.41 Å². The van der Waals surface area contributed by atoms with Crippen LogP contribution in [-0.2, 0) is 4.79 Å². The highest BCUT2D eigenvalue weighted by Gasteiger charge is 2.26. The quantitative estimate of drug-likeness (QED) is 0.680. The van der Waals surface area contributed by atoms with Gasteiger partial charge in [-0.05, 0) is 42.8 Å². The number of methoxy groups -OCH3 is 1. The Morgan fingerprint density at radius 2 is 1.69 bits per heavy atom. The van der Waals surface area contributed by atoms with E-state index in [0.29, 0.717) is 24.6 Å². The molecule has 0 unspecified atom stereocenters. The number of anilines is 1. The molecular formula is C24H33N3O4S. The van der Waals surface area contributed by atoms with Crippen LogP contribution in [0.1, 0.15) is 36.0 Å². The van der Waals surface area contributed by atoms with E-state index in [9.17, 15) is 9.59 Å². The van der Waals surface area contributed by atoms with Crippen LogP contribution < -0.4 is 14.8 Å². The van der Waals surface area contributed by atoms with Crippen LogP contribution in [0, 0.1) is 12.3 Å². The largest absolute Gasteiger partial charge is 0.497 e. The summed E-state index contributed by atoms with van der Waals surface area (Å²) < 4.78 is 11.0. The monoisotopic (exact) mass is 459 g/mol. The molecule has 2 heterocycles. The molecule has 32 heavy (non-hydrogen) atoms. The summed E-state index contributed by atoms with van der Waals surface area (Å²) in [7, 11) is 1.64. The van der Waals surface area contributed by atoms with Gasteiger partial charge in [0.2, 0.25) is 5.91 Å². The number of ether oxygens (including phenoxy) is 2. The van der Waals surface area contributed by atoms with E-state index >= 15 is 0 Å². The molecule has 0 bridgehead atoms. The van der Waals surface area contributed by atoms with E-state index in [0.717, 1.165) is 41.7 Å². The minimum Gasteiger partial charge on any atom is -0.497 e. The van der Waals surface area contributed by atoms with Crippen molar-refractivity contribution in [1.82, 2.24) is 9.80 Å². The molecular weight excluding hydrogens is 426 g/mol. The van der Waals surface area contributed by atoms with Crippen LogP contribution in [0.15, 0.2) is 30.3 Å². The first kappa shape index (κ1) is 24.1. The van der Waals surface area contributed by atoms with E-state index in [4.69, 9.17) is 9.47 Å². The van der Waals surface area contributed by atoms with Crippen molar-refractivity contribution < 1.29 is 19.1 Å². The lowest BCUT2D eigenvalue weighted by molar-refractivity contribution is -0.123. The van der Waals surface area contributed by atoms with Gasteiger partial charge < -0.3 is 19.7 Å². The van der Waals surface area contributed by atoms with Gasteiger partial charge in [0.25, 0.3) is 5.91 Å². The lowest BCUT2D eigenvalue weighted by Gasteiger charge is -2.34. The number of benzene rings is 1. The second-order valence-corrected chi connectivity index (χ2v) is 10.0. The summed E-state index contributed by atoms with van der Waals surface area (Å²) in [5.41, 5.74) is 0.426. The fourth-order valence-electron chi connectivity index (χ4n) is 3.34. The molecule has 2 amide bonds. The summed E-state index contributed by atoms with van der Waals surface area (Å²) in [5, 5.41) is 3.65. The second-order valence-electron chi connectivity index (χ2n) is 8.98. The molecule has 3 rings (SSSR count). The topological polar surface area (TPSA) is 71.1 Å². The Balaban J connectivity index is 1.46. The average molecular weight is 460 g/mol. The van der Waals surface area contributed by atoms with Gasteiger partial charge in [0.1, 0.15) is 18.1 Å². The maximum Gasteiger partial charge on any atom is 0.264 e. The van der Waals surface area contributed by atoms with E-state index in [1.165, 1.54) is 11.3 Å². The third-order valence-corrected chi connectivity index (χ3v) is 6.57. The van der Waals surface area contributed by atoms with Gasteiger partial charge in [0.15, 0.2) is 0 Å². The third-order valence-electron chi connectivity index (χ3n) is 5.43. The van der Waals surface area contributed by atoms with E-state index in [1.54, 1.807) is 7.11 Å². The summed E-state index contributed by atoms with van der Waals surface area (Å²) in [6.07, 6.45) is 0. The molecule has 0 aliphatic carbocycles. The number of carbonyl (C=O) groups is 2. The van der Waals surface area contributed by atoms with Crippen molar-refractivity contribution in [2.24, 2.45) is 5.41 Å². The molecule has 174 valence electrons. The number of hydrogen-bond donors (Lipinski definition) is 1. The second kappa shape index (κ2) is 10.4. The first-order chi connectivity index (χ1) is 15.2. The fraction of sp³-hybridized carbons (Fsp3) is 0.500. The van der Waals surface area contributed by atoms with Crippen LogP contribution in [0.4, 0.5) is 5.00 Å². The molecule has 1 aromatic carbocycles. The number of amides is 2. The molecule has 1 aromatic heterocycles. The van der Waals surface area contributed by atoms with Gasteiger partial charge in [-0.25, -0.2) is 0 Å². The average Bonchev–Trinajstić information content (AvgIpc) is 3.13. The molecule has 0 saturated carbocycles. The predicted molar refractivity (Wildman–Crippen MR) is 128 cm³/mol. The molecule has 0 spiro atoms. The van der Waals surface area contributed by atoms with Gasteiger partial charge in [-0.1, -0.05) is 20.8 Å². The summed E-state index contributed by atoms with van der Waals surface area (Å²) in [5.74, 6) is 1.62. The first-order valence-corrected chi connectivity index (χ1v) is 11.7. The van der Waals surface area contributed by atoms with Gasteiger partial charge in [-0.15, -0.1) is 11.3 Å². The molecule has 1 N–H and O–H groups in total. The highest BCUT2D eigenvalue weighted by molar-refractivity contribution is 7.18. The number of carbonyl (C=O) groups excluding carboxylic acids is 2. The van der Waals surface area contributed by atoms with Crippen molar-refractivity contribution in [3.05, 3.63) is 40.8 Å². The van der Waals surface area contributed by atoms with E-state index in [1.807, 2.05) is 62.9 Å². The molecule has 1 aliphatic rings. The van der Waals surface area contributed by atoms with Gasteiger partial charge in [0, 0.05) is 38.1 Å². The predicted octanol–water partition coefficient (Wildman–Crippen LogP) is 3.89. The van der Waals surface area contributed by atoms with Crippen LogP contribution in [-0.4, -0.2) is 68.1 Å². The Kier molecular flexibility index (Phi) is 7.79. The van der Waals surface area contributed by atoms with Crippen LogP contribution in [0.5, 0.6) is 11.5 Å². The number of rotatable bonds is 7. The van der Waals surface area contributed by atoms with Gasteiger partial charge in [-0.2, -0.15) is 0 Å². The molecule has 1 saturated heterocycles. The smallest absolute Gasteiger partial charge is 0.264 e. The van der Waals surface area contributed by atoms with Gasteiger partial charge in [-0.3, -0.25) is 14.5 Å². The van der Waals surface area contributed by atoms with Crippen molar-refractivity contribution >= 4 is 28.2 Å². The van der Waals surface area contributed by atoms with Crippen molar-refractivity contribution in [2.45, 2.75) is 27.7 Å². The molecule has 8 heteroatoms. The Bertz CT molecular complexity index is 926.